The Morgan fingerprint density at radius 1 is 0.889 bits per heavy atom. The number of nitrogens with zero attached hydrogens (tertiary/aromatic N) is 4. The number of aromatic nitrogens is 4. The molecule has 0 unspecified atom stereocenters. The molecule has 5 nitrogen and oxygen atoms in total. The Hall–Kier alpha value is -3.42. The Morgan fingerprint density at radius 3 is 2.22 bits per heavy atom. The first-order chi connectivity index (χ1) is 13.0. The molecule has 0 aliphatic carbocycles. The van der Waals surface area contributed by atoms with Crippen LogP contribution in [0.5, 0.6) is 5.75 Å². The highest BCUT2D eigenvalue weighted by molar-refractivity contribution is 5.70. The summed E-state index contributed by atoms with van der Waals surface area (Å²) in [7, 11) is 1.54. The van der Waals surface area contributed by atoms with E-state index >= 15 is 0 Å². The van der Waals surface area contributed by atoms with Crippen LogP contribution in [-0.2, 0) is 6.18 Å². The summed E-state index contributed by atoms with van der Waals surface area (Å²) in [5.41, 5.74) is 2.39. The van der Waals surface area contributed by atoms with Crippen molar-refractivity contribution in [3.8, 4) is 28.3 Å². The third-order valence-electron chi connectivity index (χ3n) is 4.02. The molecule has 0 fully saturated rings. The van der Waals surface area contributed by atoms with Crippen LogP contribution in [0.15, 0.2) is 60.7 Å². The summed E-state index contributed by atoms with van der Waals surface area (Å²) in [5.74, 6) is -0.702. The van der Waals surface area contributed by atoms with Crippen LogP contribution in [0.3, 0.4) is 0 Å². The van der Waals surface area contributed by atoms with Crippen LogP contribution >= 0.6 is 0 Å². The van der Waals surface area contributed by atoms with Crippen molar-refractivity contribution >= 4 is 5.78 Å². The number of methoxy groups -OCH3 is 1. The molecule has 2 aromatic carbocycles. The molecule has 0 atom stereocenters. The van der Waals surface area contributed by atoms with Gasteiger partial charge in [-0.15, -0.1) is 5.10 Å². The summed E-state index contributed by atoms with van der Waals surface area (Å²) in [6, 6.07) is 17.8. The highest BCUT2D eigenvalue weighted by Crippen LogP contribution is 2.30. The number of hydrogen-bond donors (Lipinski definition) is 0. The van der Waals surface area contributed by atoms with Gasteiger partial charge in [0.05, 0.1) is 18.5 Å². The molecule has 0 saturated heterocycles. The lowest BCUT2D eigenvalue weighted by molar-refractivity contribution is -0.144. The second kappa shape index (κ2) is 6.39. The Kier molecular flexibility index (Phi) is 4.02. The molecule has 0 bridgehead atoms. The maximum Gasteiger partial charge on any atom is 0.453 e. The molecule has 0 aliphatic rings. The predicted molar refractivity (Wildman–Crippen MR) is 93.2 cm³/mol. The van der Waals surface area contributed by atoms with Crippen LogP contribution in [-0.4, -0.2) is 26.7 Å². The number of alkyl halides is 3. The number of hydrogen-bond acceptors (Lipinski definition) is 4. The first kappa shape index (κ1) is 17.0. The van der Waals surface area contributed by atoms with Crippen molar-refractivity contribution in [1.82, 2.24) is 19.6 Å². The van der Waals surface area contributed by atoms with Gasteiger partial charge < -0.3 is 4.74 Å². The van der Waals surface area contributed by atoms with Crippen LogP contribution < -0.4 is 4.74 Å². The fourth-order valence-electron chi connectivity index (χ4n) is 2.71. The lowest BCUT2D eigenvalue weighted by Crippen LogP contribution is -2.07. The molecule has 2 heterocycles. The lowest BCUT2D eigenvalue weighted by atomic mass is 10.1. The molecule has 27 heavy (non-hydrogen) atoms. The normalized spacial score (nSPS) is 11.7. The zero-order valence-electron chi connectivity index (χ0n) is 14.1. The van der Waals surface area contributed by atoms with Crippen LogP contribution in [0.2, 0.25) is 0 Å². The Labute approximate surface area is 152 Å². The quantitative estimate of drug-likeness (QED) is 0.533. The molecule has 136 valence electrons. The van der Waals surface area contributed by atoms with Crippen LogP contribution in [0.4, 0.5) is 13.2 Å². The minimum Gasteiger partial charge on any atom is -0.497 e. The van der Waals surface area contributed by atoms with Gasteiger partial charge in [0, 0.05) is 11.1 Å². The van der Waals surface area contributed by atoms with Crippen LogP contribution in [0.25, 0.3) is 28.3 Å². The molecule has 4 rings (SSSR count). The summed E-state index contributed by atoms with van der Waals surface area (Å²) in [5, 5.41) is 3.62. The molecule has 8 heteroatoms. The maximum absolute atomic E-state index is 13.1. The Bertz CT molecular complexity index is 1090. The van der Waals surface area contributed by atoms with Gasteiger partial charge in [-0.2, -0.15) is 22.7 Å². The summed E-state index contributed by atoms with van der Waals surface area (Å²) in [6.07, 6.45) is -4.65. The van der Waals surface area contributed by atoms with Crippen molar-refractivity contribution in [2.45, 2.75) is 6.18 Å². The smallest absolute Gasteiger partial charge is 0.453 e. The van der Waals surface area contributed by atoms with Crippen molar-refractivity contribution in [3.05, 3.63) is 66.5 Å². The average molecular weight is 370 g/mol. The first-order valence-corrected chi connectivity index (χ1v) is 8.00. The van der Waals surface area contributed by atoms with Crippen LogP contribution in [0, 0.1) is 0 Å². The van der Waals surface area contributed by atoms with Gasteiger partial charge in [0.2, 0.25) is 0 Å². The molecule has 0 N–H and O–H groups in total. The minimum atomic E-state index is -4.65. The summed E-state index contributed by atoms with van der Waals surface area (Å²) >= 11 is 0. The van der Waals surface area contributed by atoms with E-state index in [0.29, 0.717) is 22.7 Å². The van der Waals surface area contributed by atoms with Gasteiger partial charge >= 0.3 is 6.18 Å². The summed E-state index contributed by atoms with van der Waals surface area (Å²) in [6.45, 7) is 0. The average Bonchev–Trinajstić information content (AvgIpc) is 3.13. The maximum atomic E-state index is 13.1. The minimum absolute atomic E-state index is 0.116. The fraction of sp³-hybridized carbons (Fsp3) is 0.105. The van der Waals surface area contributed by atoms with E-state index in [1.54, 1.807) is 37.4 Å². The summed E-state index contributed by atoms with van der Waals surface area (Å²) < 4.78 is 45.5. The number of ether oxygens (including phenoxy) is 1. The molecular formula is C19H13F3N4O. The zero-order chi connectivity index (χ0) is 19.0. The van der Waals surface area contributed by atoms with E-state index in [1.165, 1.54) is 0 Å². The summed E-state index contributed by atoms with van der Waals surface area (Å²) in [4.78, 5) is 7.85. The van der Waals surface area contributed by atoms with Crippen molar-refractivity contribution in [2.24, 2.45) is 0 Å². The number of benzene rings is 2. The highest BCUT2D eigenvalue weighted by atomic mass is 19.4. The number of fused-ring (bicyclic) bond motifs is 1. The molecule has 0 amide bonds. The van der Waals surface area contributed by atoms with Crippen molar-refractivity contribution in [1.29, 1.82) is 0 Å². The van der Waals surface area contributed by atoms with Gasteiger partial charge in [-0.3, -0.25) is 0 Å². The van der Waals surface area contributed by atoms with Gasteiger partial charge in [-0.25, -0.2) is 4.98 Å². The third-order valence-corrected chi connectivity index (χ3v) is 4.02. The second-order valence-electron chi connectivity index (χ2n) is 5.77. The van der Waals surface area contributed by atoms with Crippen molar-refractivity contribution in [2.75, 3.05) is 7.11 Å². The SMILES string of the molecule is COc1ccc(-c2cc(-c3ccccc3)nc3nc(C(F)(F)F)nn23)cc1. The number of halogens is 3. The zero-order valence-corrected chi connectivity index (χ0v) is 14.1. The van der Waals surface area contributed by atoms with Gasteiger partial charge in [0.25, 0.3) is 11.6 Å². The highest BCUT2D eigenvalue weighted by Gasteiger charge is 2.37. The van der Waals surface area contributed by atoms with Gasteiger partial charge in [0.1, 0.15) is 5.75 Å². The largest absolute Gasteiger partial charge is 0.497 e. The molecule has 4 aromatic rings. The third kappa shape index (κ3) is 3.21. The monoisotopic (exact) mass is 370 g/mol. The van der Waals surface area contributed by atoms with E-state index in [9.17, 15) is 13.2 Å². The molecule has 0 aliphatic heterocycles. The molecule has 0 saturated carbocycles. The first-order valence-electron chi connectivity index (χ1n) is 8.00. The van der Waals surface area contributed by atoms with Crippen molar-refractivity contribution in [3.63, 3.8) is 0 Å². The van der Waals surface area contributed by atoms with E-state index in [1.807, 2.05) is 30.3 Å². The molecular weight excluding hydrogens is 357 g/mol. The fourth-order valence-corrected chi connectivity index (χ4v) is 2.71. The van der Waals surface area contributed by atoms with Crippen LogP contribution in [0.1, 0.15) is 5.82 Å². The second-order valence-corrected chi connectivity index (χ2v) is 5.77. The number of rotatable bonds is 3. The van der Waals surface area contributed by atoms with Crippen molar-refractivity contribution < 1.29 is 17.9 Å². The lowest BCUT2D eigenvalue weighted by Gasteiger charge is -2.08. The standard InChI is InChI=1S/C19H13F3N4O/c1-27-14-9-7-13(8-10-14)16-11-15(12-5-3-2-4-6-12)23-18-24-17(19(20,21)22)25-26(16)18/h2-11H,1H3. The Balaban J connectivity index is 1.97. The molecule has 0 radical (unpaired) electrons. The van der Waals surface area contributed by atoms with E-state index in [2.05, 4.69) is 15.1 Å². The topological polar surface area (TPSA) is 52.3 Å². The predicted octanol–water partition coefficient (Wildman–Crippen LogP) is 4.49. The van der Waals surface area contributed by atoms with E-state index < -0.39 is 12.0 Å². The van der Waals surface area contributed by atoms with Gasteiger partial charge in [-0.1, -0.05) is 30.3 Å². The molecule has 0 spiro atoms. The van der Waals surface area contributed by atoms with E-state index in [-0.39, 0.29) is 5.78 Å². The van der Waals surface area contributed by atoms with E-state index in [4.69, 9.17) is 4.74 Å². The van der Waals surface area contributed by atoms with Gasteiger partial charge in [0.15, 0.2) is 0 Å². The van der Waals surface area contributed by atoms with Gasteiger partial charge in [-0.05, 0) is 30.3 Å². The molecule has 2 aromatic heterocycles. The van der Waals surface area contributed by atoms with E-state index in [0.717, 1.165) is 10.1 Å². The Morgan fingerprint density at radius 2 is 1.59 bits per heavy atom.